The van der Waals surface area contributed by atoms with Crippen LogP contribution in [-0.4, -0.2) is 36.5 Å². The van der Waals surface area contributed by atoms with E-state index in [9.17, 15) is 9.65 Å². The Hall–Kier alpha value is -3.22. The van der Waals surface area contributed by atoms with Gasteiger partial charge in [0.2, 0.25) is 0 Å². The lowest BCUT2D eigenvalue weighted by molar-refractivity contribution is 0.202. The molecule has 7 nitrogen and oxygen atoms in total. The molecular formula is C26H26FN7S. The van der Waals surface area contributed by atoms with Crippen LogP contribution in [0.15, 0.2) is 52.9 Å². The van der Waals surface area contributed by atoms with Gasteiger partial charge in [-0.2, -0.15) is 15.5 Å². The highest BCUT2D eigenvalue weighted by Gasteiger charge is 2.38. The van der Waals surface area contributed by atoms with E-state index in [4.69, 9.17) is 5.10 Å². The van der Waals surface area contributed by atoms with Crippen molar-refractivity contribution in [2.75, 3.05) is 6.54 Å². The van der Waals surface area contributed by atoms with E-state index >= 15 is 0 Å². The summed E-state index contributed by atoms with van der Waals surface area (Å²) in [6, 6.07) is 7.54. The summed E-state index contributed by atoms with van der Waals surface area (Å²) in [6.07, 6.45) is 14.1. The molecule has 6 rings (SSSR count). The van der Waals surface area contributed by atoms with Gasteiger partial charge >= 0.3 is 0 Å². The first-order chi connectivity index (χ1) is 17.1. The molecule has 0 aromatic carbocycles. The Labute approximate surface area is 207 Å². The summed E-state index contributed by atoms with van der Waals surface area (Å²) in [5, 5.41) is 22.8. The van der Waals surface area contributed by atoms with Gasteiger partial charge < -0.3 is 5.32 Å². The van der Waals surface area contributed by atoms with Crippen molar-refractivity contribution in [1.29, 1.82) is 5.26 Å². The molecule has 2 aliphatic rings. The number of nitrogens with one attached hydrogen (secondary N) is 1. The SMILES string of the molecule is Cc1c(-c2cc(Sc3ncccc3F)c3c(C#N)cnn3c2)cnn1[C@H]1CC[C@]2(CCCN2)CC1. The van der Waals surface area contributed by atoms with Crippen LogP contribution in [0.25, 0.3) is 16.6 Å². The Morgan fingerprint density at radius 1 is 1.23 bits per heavy atom. The van der Waals surface area contributed by atoms with Crippen LogP contribution in [0.1, 0.15) is 55.8 Å². The van der Waals surface area contributed by atoms with Gasteiger partial charge in [-0.1, -0.05) is 11.8 Å². The van der Waals surface area contributed by atoms with Crippen LogP contribution in [0.5, 0.6) is 0 Å². The van der Waals surface area contributed by atoms with Crippen molar-refractivity contribution >= 4 is 17.3 Å². The molecule has 35 heavy (non-hydrogen) atoms. The van der Waals surface area contributed by atoms with Crippen molar-refractivity contribution in [3.8, 4) is 17.2 Å². The molecule has 1 saturated carbocycles. The van der Waals surface area contributed by atoms with E-state index in [0.717, 1.165) is 41.1 Å². The molecular weight excluding hydrogens is 461 g/mol. The van der Waals surface area contributed by atoms with Gasteiger partial charge in [-0.15, -0.1) is 0 Å². The third-order valence-electron chi connectivity index (χ3n) is 7.57. The molecule has 4 aromatic heterocycles. The molecule has 0 radical (unpaired) electrons. The maximum absolute atomic E-state index is 14.4. The smallest absolute Gasteiger partial charge is 0.155 e. The average molecular weight is 488 g/mol. The number of nitriles is 1. The number of halogens is 1. The number of aromatic nitrogens is 5. The summed E-state index contributed by atoms with van der Waals surface area (Å²) in [7, 11) is 0. The molecule has 5 heterocycles. The predicted octanol–water partition coefficient (Wildman–Crippen LogP) is 5.30. The van der Waals surface area contributed by atoms with E-state index in [-0.39, 0.29) is 5.03 Å². The molecule has 2 fully saturated rings. The first-order valence-corrected chi connectivity index (χ1v) is 12.9. The number of nitrogens with zero attached hydrogens (tertiary/aromatic N) is 6. The maximum atomic E-state index is 14.4. The molecule has 178 valence electrons. The first-order valence-electron chi connectivity index (χ1n) is 12.1. The number of hydrogen-bond donors (Lipinski definition) is 1. The summed E-state index contributed by atoms with van der Waals surface area (Å²) in [5.41, 5.74) is 4.49. The lowest BCUT2D eigenvalue weighted by Crippen LogP contribution is -2.43. The number of hydrogen-bond acceptors (Lipinski definition) is 6. The Kier molecular flexibility index (Phi) is 5.58. The Morgan fingerprint density at radius 3 is 2.83 bits per heavy atom. The van der Waals surface area contributed by atoms with Gasteiger partial charge in [-0.05, 0) is 70.2 Å². The molecule has 1 N–H and O–H groups in total. The van der Waals surface area contributed by atoms with Crippen molar-refractivity contribution in [3.05, 3.63) is 60.1 Å². The van der Waals surface area contributed by atoms with E-state index in [2.05, 4.69) is 33.1 Å². The molecule has 0 bridgehead atoms. The van der Waals surface area contributed by atoms with Crippen LogP contribution in [0.4, 0.5) is 4.39 Å². The molecule has 1 saturated heterocycles. The Bertz CT molecular complexity index is 1430. The quantitative estimate of drug-likeness (QED) is 0.421. The molecule has 0 amide bonds. The van der Waals surface area contributed by atoms with Gasteiger partial charge in [-0.25, -0.2) is 13.9 Å². The van der Waals surface area contributed by atoms with Crippen LogP contribution in [-0.2, 0) is 0 Å². The van der Waals surface area contributed by atoms with E-state index in [1.807, 2.05) is 18.5 Å². The molecule has 1 aliphatic carbocycles. The van der Waals surface area contributed by atoms with Crippen molar-refractivity contribution in [2.24, 2.45) is 0 Å². The summed E-state index contributed by atoms with van der Waals surface area (Å²) in [4.78, 5) is 4.92. The minimum absolute atomic E-state index is 0.265. The zero-order valence-corrected chi connectivity index (χ0v) is 20.4. The second-order valence-electron chi connectivity index (χ2n) is 9.58. The molecule has 0 atom stereocenters. The lowest BCUT2D eigenvalue weighted by Gasteiger charge is -2.38. The molecule has 9 heteroatoms. The van der Waals surface area contributed by atoms with Crippen molar-refractivity contribution in [2.45, 2.75) is 67.0 Å². The second kappa shape index (κ2) is 8.77. The highest BCUT2D eigenvalue weighted by molar-refractivity contribution is 7.99. The molecule has 0 unspecified atom stereocenters. The molecule has 1 spiro atoms. The van der Waals surface area contributed by atoms with Crippen LogP contribution >= 0.6 is 11.8 Å². The fourth-order valence-electron chi connectivity index (χ4n) is 5.71. The van der Waals surface area contributed by atoms with Crippen LogP contribution < -0.4 is 5.32 Å². The molecule has 1 aliphatic heterocycles. The largest absolute Gasteiger partial charge is 0.311 e. The Balaban J connectivity index is 1.36. The van der Waals surface area contributed by atoms with Gasteiger partial charge in [-0.3, -0.25) is 4.68 Å². The molecule has 4 aromatic rings. The minimum Gasteiger partial charge on any atom is -0.311 e. The third kappa shape index (κ3) is 3.91. The van der Waals surface area contributed by atoms with Crippen LogP contribution in [0.2, 0.25) is 0 Å². The summed E-state index contributed by atoms with van der Waals surface area (Å²) >= 11 is 1.21. The van der Waals surface area contributed by atoms with E-state index in [0.29, 0.717) is 22.7 Å². The summed E-state index contributed by atoms with van der Waals surface area (Å²) < 4.78 is 18.3. The van der Waals surface area contributed by atoms with E-state index in [1.165, 1.54) is 43.5 Å². The zero-order valence-electron chi connectivity index (χ0n) is 19.5. The lowest BCUT2D eigenvalue weighted by atomic mass is 9.78. The first kappa shape index (κ1) is 22.3. The fourth-order valence-corrected chi connectivity index (χ4v) is 6.69. The van der Waals surface area contributed by atoms with Crippen molar-refractivity contribution in [3.63, 3.8) is 0 Å². The third-order valence-corrected chi connectivity index (χ3v) is 8.60. The normalized spacial score (nSPS) is 22.1. The van der Waals surface area contributed by atoms with Gasteiger partial charge in [0.25, 0.3) is 0 Å². The van der Waals surface area contributed by atoms with Gasteiger partial charge in [0.15, 0.2) is 5.82 Å². The predicted molar refractivity (Wildman–Crippen MR) is 132 cm³/mol. The van der Waals surface area contributed by atoms with Gasteiger partial charge in [0.05, 0.1) is 29.5 Å². The fraction of sp³-hybridized carbons (Fsp3) is 0.385. The highest BCUT2D eigenvalue weighted by atomic mass is 32.2. The van der Waals surface area contributed by atoms with Crippen molar-refractivity contribution in [1.82, 2.24) is 29.7 Å². The summed E-state index contributed by atoms with van der Waals surface area (Å²) in [6.45, 7) is 3.25. The minimum atomic E-state index is -0.394. The highest BCUT2D eigenvalue weighted by Crippen LogP contribution is 2.41. The zero-order chi connectivity index (χ0) is 24.0. The van der Waals surface area contributed by atoms with Crippen LogP contribution in [0.3, 0.4) is 0 Å². The van der Waals surface area contributed by atoms with Gasteiger partial charge in [0.1, 0.15) is 11.1 Å². The van der Waals surface area contributed by atoms with E-state index in [1.54, 1.807) is 23.0 Å². The van der Waals surface area contributed by atoms with E-state index < -0.39 is 5.82 Å². The number of fused-ring (bicyclic) bond motifs is 1. The average Bonchev–Trinajstić information content (AvgIpc) is 3.60. The monoisotopic (exact) mass is 487 g/mol. The number of pyridine rings is 2. The van der Waals surface area contributed by atoms with Crippen LogP contribution in [0, 0.1) is 24.1 Å². The second-order valence-corrected chi connectivity index (χ2v) is 10.6. The maximum Gasteiger partial charge on any atom is 0.155 e. The Morgan fingerprint density at radius 2 is 2.09 bits per heavy atom. The standard InChI is InChI=1S/C26H26FN7S/c1-17-21(15-32-34(17)20-5-8-26(9-6-20)7-3-11-30-26)18-12-23(35-25-22(27)4-2-10-29-25)24-19(13-28)14-31-33(24)16-18/h2,4,10,12,14-16,20,30H,3,5-9,11H2,1H3/t20-,26+. The van der Waals surface area contributed by atoms with Gasteiger partial charge in [0, 0.05) is 39.6 Å². The summed E-state index contributed by atoms with van der Waals surface area (Å²) in [5.74, 6) is -0.394. The number of rotatable bonds is 4. The topological polar surface area (TPSA) is 83.8 Å². The van der Waals surface area contributed by atoms with Crippen molar-refractivity contribution < 1.29 is 4.39 Å².